The second kappa shape index (κ2) is 6.18. The zero-order chi connectivity index (χ0) is 15.6. The van der Waals surface area contributed by atoms with E-state index in [1.54, 1.807) is 26.1 Å². The number of carbonyl (C=O) groups is 1. The van der Waals surface area contributed by atoms with Crippen molar-refractivity contribution in [3.05, 3.63) is 64.4 Å². The molecule has 110 valence electrons. The number of pyridine rings is 1. The van der Waals surface area contributed by atoms with Crippen LogP contribution in [0.15, 0.2) is 36.5 Å². The first kappa shape index (κ1) is 15.4. The molecule has 1 unspecified atom stereocenters. The number of amides is 1. The summed E-state index contributed by atoms with van der Waals surface area (Å²) in [5, 5.41) is -0.0560. The summed E-state index contributed by atoms with van der Waals surface area (Å²) < 4.78 is 26.1. The van der Waals surface area contributed by atoms with Gasteiger partial charge in [-0.05, 0) is 30.7 Å². The van der Waals surface area contributed by atoms with Crippen LogP contribution in [0.1, 0.15) is 28.9 Å². The van der Waals surface area contributed by atoms with Crippen LogP contribution in [0.2, 0.25) is 5.15 Å². The largest absolute Gasteiger partial charge is 0.335 e. The monoisotopic (exact) mass is 310 g/mol. The molecule has 0 fully saturated rings. The van der Waals surface area contributed by atoms with Gasteiger partial charge in [0.25, 0.3) is 5.91 Å². The molecule has 1 atom stereocenters. The molecule has 0 bridgehead atoms. The van der Waals surface area contributed by atoms with Crippen LogP contribution in [-0.4, -0.2) is 22.8 Å². The summed E-state index contributed by atoms with van der Waals surface area (Å²) >= 11 is 5.83. The van der Waals surface area contributed by atoms with Gasteiger partial charge in [0.2, 0.25) is 0 Å². The van der Waals surface area contributed by atoms with Crippen LogP contribution in [0.5, 0.6) is 0 Å². The lowest BCUT2D eigenvalue weighted by molar-refractivity contribution is 0.0742. The van der Waals surface area contributed by atoms with Gasteiger partial charge in [0.1, 0.15) is 16.8 Å². The van der Waals surface area contributed by atoms with Crippen molar-refractivity contribution >= 4 is 17.5 Å². The molecule has 0 radical (unpaired) electrons. The number of hydrogen-bond acceptors (Lipinski definition) is 2. The van der Waals surface area contributed by atoms with Crippen molar-refractivity contribution in [3.8, 4) is 0 Å². The van der Waals surface area contributed by atoms with Crippen molar-refractivity contribution in [3.63, 3.8) is 0 Å². The third-order valence-electron chi connectivity index (χ3n) is 3.29. The number of benzene rings is 1. The minimum atomic E-state index is -0.634. The summed E-state index contributed by atoms with van der Waals surface area (Å²) in [7, 11) is 1.57. The molecule has 1 amide bonds. The molecule has 0 saturated carbocycles. The summed E-state index contributed by atoms with van der Waals surface area (Å²) in [6.45, 7) is 1.78. The molecule has 1 aromatic heterocycles. The molecule has 1 aromatic carbocycles. The Hall–Kier alpha value is -2.01. The van der Waals surface area contributed by atoms with Gasteiger partial charge in [0.05, 0.1) is 17.8 Å². The minimum Gasteiger partial charge on any atom is -0.335 e. The summed E-state index contributed by atoms with van der Waals surface area (Å²) in [5.41, 5.74) is 0.751. The molecule has 2 aromatic rings. The maximum absolute atomic E-state index is 13.2. The van der Waals surface area contributed by atoms with Crippen LogP contribution in [-0.2, 0) is 0 Å². The number of aromatic nitrogens is 1. The Bertz CT molecular complexity index is 661. The van der Waals surface area contributed by atoms with Crippen LogP contribution >= 0.6 is 11.6 Å². The zero-order valence-corrected chi connectivity index (χ0v) is 12.2. The van der Waals surface area contributed by atoms with Gasteiger partial charge in [0.15, 0.2) is 0 Å². The lowest BCUT2D eigenvalue weighted by Crippen LogP contribution is -2.30. The molecule has 0 aliphatic carbocycles. The maximum Gasteiger partial charge on any atom is 0.257 e. The molecule has 6 heteroatoms. The van der Waals surface area contributed by atoms with Crippen molar-refractivity contribution in [2.45, 2.75) is 13.0 Å². The Morgan fingerprint density at radius 2 is 1.86 bits per heavy atom. The fourth-order valence-corrected chi connectivity index (χ4v) is 2.09. The Morgan fingerprint density at radius 3 is 2.48 bits per heavy atom. The van der Waals surface area contributed by atoms with E-state index in [0.29, 0.717) is 0 Å². The number of rotatable bonds is 3. The van der Waals surface area contributed by atoms with Gasteiger partial charge in [-0.25, -0.2) is 13.8 Å². The summed E-state index contributed by atoms with van der Waals surface area (Å²) in [4.78, 5) is 17.4. The van der Waals surface area contributed by atoms with Gasteiger partial charge < -0.3 is 4.90 Å². The predicted molar refractivity (Wildman–Crippen MR) is 76.1 cm³/mol. The average Bonchev–Trinajstić information content (AvgIpc) is 2.48. The van der Waals surface area contributed by atoms with Crippen molar-refractivity contribution in [1.29, 1.82) is 0 Å². The van der Waals surface area contributed by atoms with E-state index in [2.05, 4.69) is 4.98 Å². The molecule has 0 aliphatic heterocycles. The van der Waals surface area contributed by atoms with Gasteiger partial charge in [-0.1, -0.05) is 23.7 Å². The molecule has 0 spiro atoms. The summed E-state index contributed by atoms with van der Waals surface area (Å²) in [5.74, 6) is -1.44. The highest BCUT2D eigenvalue weighted by Gasteiger charge is 2.22. The van der Waals surface area contributed by atoms with E-state index < -0.39 is 11.7 Å². The molecular formula is C15H13ClF2N2O. The first-order chi connectivity index (χ1) is 9.90. The van der Waals surface area contributed by atoms with Crippen LogP contribution in [0, 0.1) is 11.6 Å². The standard InChI is InChI=1S/C15H13ClF2N2O/c1-9(10-3-5-11(17)6-4-10)20(2)15(21)13-7-12(18)8-19-14(13)16/h3-9H,1-2H3. The van der Waals surface area contributed by atoms with E-state index in [9.17, 15) is 13.6 Å². The third kappa shape index (κ3) is 3.36. The number of nitrogens with zero attached hydrogens (tertiary/aromatic N) is 2. The van der Waals surface area contributed by atoms with Crippen LogP contribution in [0.4, 0.5) is 8.78 Å². The smallest absolute Gasteiger partial charge is 0.257 e. The first-order valence-corrected chi connectivity index (χ1v) is 6.61. The topological polar surface area (TPSA) is 33.2 Å². The van der Waals surface area contributed by atoms with Crippen molar-refractivity contribution < 1.29 is 13.6 Å². The lowest BCUT2D eigenvalue weighted by Gasteiger charge is -2.25. The highest BCUT2D eigenvalue weighted by molar-refractivity contribution is 6.32. The minimum absolute atomic E-state index is 0.00636. The maximum atomic E-state index is 13.2. The first-order valence-electron chi connectivity index (χ1n) is 6.24. The number of hydrogen-bond donors (Lipinski definition) is 0. The highest BCUT2D eigenvalue weighted by Crippen LogP contribution is 2.23. The SMILES string of the molecule is CC(c1ccc(F)cc1)N(C)C(=O)c1cc(F)cnc1Cl. The average molecular weight is 311 g/mol. The van der Waals surface area contributed by atoms with Gasteiger partial charge >= 0.3 is 0 Å². The Balaban J connectivity index is 2.26. The quantitative estimate of drug-likeness (QED) is 0.807. The zero-order valence-electron chi connectivity index (χ0n) is 11.5. The number of carbonyl (C=O) groups excluding carboxylic acids is 1. The molecule has 1 heterocycles. The second-order valence-corrected chi connectivity index (χ2v) is 4.99. The molecule has 3 nitrogen and oxygen atoms in total. The van der Waals surface area contributed by atoms with Gasteiger partial charge in [-0.15, -0.1) is 0 Å². The fourth-order valence-electron chi connectivity index (χ4n) is 1.90. The third-order valence-corrected chi connectivity index (χ3v) is 3.59. The van der Waals surface area contributed by atoms with E-state index in [1.165, 1.54) is 17.0 Å². The molecule has 21 heavy (non-hydrogen) atoms. The Kier molecular flexibility index (Phi) is 4.53. The molecule has 0 saturated heterocycles. The fraction of sp³-hybridized carbons (Fsp3) is 0.200. The van der Waals surface area contributed by atoms with Crippen LogP contribution in [0.25, 0.3) is 0 Å². The Labute approximate surface area is 126 Å². The van der Waals surface area contributed by atoms with Gasteiger partial charge in [-0.2, -0.15) is 0 Å². The normalized spacial score (nSPS) is 12.0. The van der Waals surface area contributed by atoms with E-state index in [1.807, 2.05) is 0 Å². The van der Waals surface area contributed by atoms with Crippen molar-refractivity contribution in [1.82, 2.24) is 9.88 Å². The summed E-state index contributed by atoms with van der Waals surface area (Å²) in [6, 6.07) is 6.55. The number of halogens is 3. The van der Waals surface area contributed by atoms with Crippen molar-refractivity contribution in [2.24, 2.45) is 0 Å². The molecular weight excluding hydrogens is 298 g/mol. The molecule has 0 aliphatic rings. The highest BCUT2D eigenvalue weighted by atomic mass is 35.5. The summed E-state index contributed by atoms with van der Waals surface area (Å²) in [6.07, 6.45) is 0.947. The van der Waals surface area contributed by atoms with E-state index >= 15 is 0 Å². The predicted octanol–water partition coefficient (Wildman–Crippen LogP) is 3.85. The van der Waals surface area contributed by atoms with E-state index in [-0.39, 0.29) is 22.6 Å². The van der Waals surface area contributed by atoms with E-state index in [4.69, 9.17) is 11.6 Å². The molecule has 0 N–H and O–H groups in total. The second-order valence-electron chi connectivity index (χ2n) is 4.64. The van der Waals surface area contributed by atoms with Crippen LogP contribution < -0.4 is 0 Å². The van der Waals surface area contributed by atoms with E-state index in [0.717, 1.165) is 17.8 Å². The Morgan fingerprint density at radius 1 is 1.24 bits per heavy atom. The van der Waals surface area contributed by atoms with Crippen LogP contribution in [0.3, 0.4) is 0 Å². The van der Waals surface area contributed by atoms with Gasteiger partial charge in [0, 0.05) is 7.05 Å². The van der Waals surface area contributed by atoms with Crippen molar-refractivity contribution in [2.75, 3.05) is 7.05 Å². The molecule has 2 rings (SSSR count). The lowest BCUT2D eigenvalue weighted by atomic mass is 10.1. The van der Waals surface area contributed by atoms with Gasteiger partial charge in [-0.3, -0.25) is 4.79 Å².